The molecule has 302 valence electrons. The molecule has 12 nitrogen and oxygen atoms in total. The van der Waals surface area contributed by atoms with Crippen LogP contribution in [0.15, 0.2) is 84.9 Å². The van der Waals surface area contributed by atoms with Crippen molar-refractivity contribution in [3.63, 3.8) is 0 Å². The zero-order valence-corrected chi connectivity index (χ0v) is 32.9. The van der Waals surface area contributed by atoms with Gasteiger partial charge >= 0.3 is 5.97 Å². The molecule has 4 aromatic carbocycles. The number of ether oxygens (including phenoxy) is 9. The van der Waals surface area contributed by atoms with Gasteiger partial charge in [0.05, 0.1) is 45.2 Å². The SMILES string of the molecule is CC1(C)CC2(CC(C)(C)c3ccc(OC(=O)c4ccc(OCOCC5COC5)cc4)cc3O2)Oc2cc(OOCc3ccc(OCOCC4COC4)cc3)ccc21. The molecule has 12 heteroatoms. The molecule has 0 aliphatic carbocycles. The first-order chi connectivity index (χ1) is 27.5. The molecular formula is C45H50O12. The third kappa shape index (κ3) is 9.32. The van der Waals surface area contributed by atoms with Crippen molar-refractivity contribution in [3.05, 3.63) is 107 Å². The highest BCUT2D eigenvalue weighted by Gasteiger charge is 2.53. The molecule has 0 saturated carbocycles. The van der Waals surface area contributed by atoms with Crippen LogP contribution in [0.3, 0.4) is 0 Å². The highest BCUT2D eigenvalue weighted by molar-refractivity contribution is 5.91. The van der Waals surface area contributed by atoms with Crippen LogP contribution in [0.5, 0.6) is 34.5 Å². The lowest BCUT2D eigenvalue weighted by molar-refractivity contribution is -0.218. The van der Waals surface area contributed by atoms with Crippen molar-refractivity contribution in [2.75, 3.05) is 53.2 Å². The van der Waals surface area contributed by atoms with Crippen LogP contribution in [0, 0.1) is 11.8 Å². The molecule has 0 radical (unpaired) electrons. The second-order valence-electron chi connectivity index (χ2n) is 16.5. The monoisotopic (exact) mass is 782 g/mol. The quantitative estimate of drug-likeness (QED) is 0.0274. The molecule has 1 spiro atoms. The summed E-state index contributed by atoms with van der Waals surface area (Å²) < 4.78 is 52.2. The van der Waals surface area contributed by atoms with Crippen LogP contribution < -0.4 is 28.6 Å². The van der Waals surface area contributed by atoms with Crippen molar-refractivity contribution in [2.24, 2.45) is 11.8 Å². The van der Waals surface area contributed by atoms with E-state index in [1.807, 2.05) is 48.5 Å². The van der Waals surface area contributed by atoms with E-state index in [0.29, 0.717) is 78.0 Å². The average Bonchev–Trinajstić information content (AvgIpc) is 3.13. The molecule has 4 aliphatic rings. The van der Waals surface area contributed by atoms with E-state index in [0.717, 1.165) is 43.1 Å². The fraction of sp³-hybridized carbons (Fsp3) is 0.444. The summed E-state index contributed by atoms with van der Waals surface area (Å²) in [5.41, 5.74) is 2.76. The van der Waals surface area contributed by atoms with E-state index < -0.39 is 11.8 Å². The summed E-state index contributed by atoms with van der Waals surface area (Å²) in [5.74, 6) is 2.87. The van der Waals surface area contributed by atoms with Crippen molar-refractivity contribution in [1.82, 2.24) is 0 Å². The summed E-state index contributed by atoms with van der Waals surface area (Å²) in [4.78, 5) is 24.6. The molecule has 0 N–H and O–H groups in total. The molecule has 2 saturated heterocycles. The van der Waals surface area contributed by atoms with E-state index in [1.54, 1.807) is 36.4 Å². The topological polar surface area (TPSA) is 119 Å². The summed E-state index contributed by atoms with van der Waals surface area (Å²) >= 11 is 0. The Hall–Kier alpha value is -4.85. The maximum Gasteiger partial charge on any atom is 0.343 e. The average molecular weight is 783 g/mol. The van der Waals surface area contributed by atoms with Crippen LogP contribution in [0.25, 0.3) is 0 Å². The number of carbonyl (C=O) groups is 1. The van der Waals surface area contributed by atoms with E-state index in [1.165, 1.54) is 0 Å². The molecule has 4 aliphatic heterocycles. The molecule has 4 heterocycles. The number of carbonyl (C=O) groups excluding carboxylic acids is 1. The number of fused-ring (bicyclic) bond motifs is 2. The number of hydrogen-bond donors (Lipinski definition) is 0. The van der Waals surface area contributed by atoms with Crippen molar-refractivity contribution < 1.29 is 57.2 Å². The van der Waals surface area contributed by atoms with Crippen molar-refractivity contribution in [3.8, 4) is 34.5 Å². The Morgan fingerprint density at radius 1 is 0.632 bits per heavy atom. The van der Waals surface area contributed by atoms with Gasteiger partial charge < -0.3 is 47.5 Å². The Morgan fingerprint density at radius 3 is 1.65 bits per heavy atom. The summed E-state index contributed by atoms with van der Waals surface area (Å²) in [6, 6.07) is 25.7. The Kier molecular flexibility index (Phi) is 11.3. The fourth-order valence-corrected chi connectivity index (χ4v) is 7.68. The predicted octanol–water partition coefficient (Wildman–Crippen LogP) is 7.93. The van der Waals surface area contributed by atoms with Gasteiger partial charge in [-0.25, -0.2) is 4.79 Å². The second-order valence-corrected chi connectivity index (χ2v) is 16.5. The van der Waals surface area contributed by atoms with Gasteiger partial charge in [0, 0.05) is 58.8 Å². The van der Waals surface area contributed by atoms with Gasteiger partial charge in [0.2, 0.25) is 0 Å². The summed E-state index contributed by atoms with van der Waals surface area (Å²) in [7, 11) is 0. The van der Waals surface area contributed by atoms with Gasteiger partial charge in [-0.3, -0.25) is 0 Å². The molecule has 1 unspecified atom stereocenters. The predicted molar refractivity (Wildman–Crippen MR) is 207 cm³/mol. The van der Waals surface area contributed by atoms with Crippen LogP contribution in [-0.2, 0) is 41.3 Å². The van der Waals surface area contributed by atoms with Gasteiger partial charge in [0.1, 0.15) is 35.4 Å². The third-order valence-electron chi connectivity index (χ3n) is 10.7. The fourth-order valence-electron chi connectivity index (χ4n) is 7.68. The number of esters is 1. The Labute approximate surface area is 333 Å². The van der Waals surface area contributed by atoms with Gasteiger partial charge in [-0.1, -0.05) is 52.0 Å². The summed E-state index contributed by atoms with van der Waals surface area (Å²) in [6.45, 7) is 13.5. The molecule has 0 amide bonds. The molecule has 2 fully saturated rings. The highest BCUT2D eigenvalue weighted by Crippen LogP contribution is 2.54. The third-order valence-corrected chi connectivity index (χ3v) is 10.7. The molecule has 8 rings (SSSR count). The lowest BCUT2D eigenvalue weighted by Gasteiger charge is -2.51. The molecule has 57 heavy (non-hydrogen) atoms. The van der Waals surface area contributed by atoms with Crippen LogP contribution in [0.2, 0.25) is 0 Å². The Bertz CT molecular complexity index is 2000. The van der Waals surface area contributed by atoms with Gasteiger partial charge in [0.15, 0.2) is 19.3 Å². The van der Waals surface area contributed by atoms with Crippen LogP contribution in [0.1, 0.15) is 67.6 Å². The molecule has 0 aromatic heterocycles. The molecule has 1 atom stereocenters. The minimum Gasteiger partial charge on any atom is -0.468 e. The van der Waals surface area contributed by atoms with Crippen LogP contribution in [-0.4, -0.2) is 65.0 Å². The Balaban J connectivity index is 0.878. The standard InChI is InChI=1S/C45H50O12/c1-43(2)26-45(55-40-17-36(13-15-38(40)43)54-42(46)33-7-11-35(12-8-33)52-29-50-24-32-21-48-22-32)27-44(3,4)39-16-14-37(18-41(39)56-45)57-53-25-30-5-9-34(10-6-30)51-28-49-23-31-19-47-20-31/h5-18,31-32H,19-29H2,1-4H3. The minimum atomic E-state index is -0.985. The molecule has 4 aromatic rings. The first kappa shape index (κ1) is 39.0. The number of benzene rings is 4. The summed E-state index contributed by atoms with van der Waals surface area (Å²) in [5, 5.41) is 0. The maximum atomic E-state index is 13.2. The lowest BCUT2D eigenvalue weighted by atomic mass is 9.69. The van der Waals surface area contributed by atoms with Crippen molar-refractivity contribution >= 4 is 5.97 Å². The van der Waals surface area contributed by atoms with E-state index in [9.17, 15) is 4.79 Å². The van der Waals surface area contributed by atoms with Gasteiger partial charge in [-0.2, -0.15) is 4.89 Å². The number of hydrogen-bond acceptors (Lipinski definition) is 12. The maximum absolute atomic E-state index is 13.2. The van der Waals surface area contributed by atoms with Gasteiger partial charge in [-0.15, -0.1) is 0 Å². The first-order valence-electron chi connectivity index (χ1n) is 19.5. The van der Waals surface area contributed by atoms with E-state index in [4.69, 9.17) is 52.4 Å². The smallest absolute Gasteiger partial charge is 0.343 e. The molecular weight excluding hydrogens is 732 g/mol. The Morgan fingerprint density at radius 2 is 1.12 bits per heavy atom. The van der Waals surface area contributed by atoms with Crippen molar-refractivity contribution in [1.29, 1.82) is 0 Å². The van der Waals surface area contributed by atoms with Crippen molar-refractivity contribution in [2.45, 2.75) is 63.8 Å². The van der Waals surface area contributed by atoms with Crippen LogP contribution >= 0.6 is 0 Å². The largest absolute Gasteiger partial charge is 0.468 e. The van der Waals surface area contributed by atoms with Gasteiger partial charge in [0.25, 0.3) is 5.79 Å². The lowest BCUT2D eigenvalue weighted by Crippen LogP contribution is -2.55. The normalized spacial score (nSPS) is 20.5. The van der Waals surface area contributed by atoms with E-state index >= 15 is 0 Å². The highest BCUT2D eigenvalue weighted by atomic mass is 17.2. The van der Waals surface area contributed by atoms with Crippen LogP contribution in [0.4, 0.5) is 0 Å². The number of rotatable bonds is 16. The zero-order valence-electron chi connectivity index (χ0n) is 32.9. The second kappa shape index (κ2) is 16.6. The zero-order chi connectivity index (χ0) is 39.5. The summed E-state index contributed by atoms with van der Waals surface area (Å²) in [6.07, 6.45) is 1.21. The minimum absolute atomic E-state index is 0.130. The van der Waals surface area contributed by atoms with E-state index in [2.05, 4.69) is 27.7 Å². The molecule has 0 bridgehead atoms. The van der Waals surface area contributed by atoms with Gasteiger partial charge in [-0.05, 0) is 54.1 Å². The first-order valence-corrected chi connectivity index (χ1v) is 19.5. The van der Waals surface area contributed by atoms with E-state index in [-0.39, 0.29) is 31.0 Å².